The predicted octanol–water partition coefficient (Wildman–Crippen LogP) is 17.5. The topological polar surface area (TPSA) is 14.8 Å². The van der Waals surface area contributed by atoms with Crippen LogP contribution in [-0.4, -0.2) is 20.4 Å². The number of benzene rings is 10. The minimum atomic E-state index is 0.238. The first-order valence-electron chi connectivity index (χ1n) is 28.5. The molecule has 1 fully saturated rings. The Morgan fingerprint density at radius 1 is 0.432 bits per heavy atom. The van der Waals surface area contributed by atoms with Gasteiger partial charge >= 0.3 is 0 Å². The van der Waals surface area contributed by atoms with Gasteiger partial charge in [-0.25, -0.2) is 0 Å². The Labute approximate surface area is 478 Å². The SMILES string of the molecule is C1=CC2CC2C=C1c1ccccc1.C1=CCc2c(c3cc(B4c5ccccc5Sc5ccccc54)ccc3n2-c2ccccc2)C=C1.Cc1cccc(-n2c3ccccc3c3c4c5ccccc5n(-c5cccc(C)c5)c4ccc32)c1. The number of allylic oxidation sites excluding steroid dienone is 7. The van der Waals surface area contributed by atoms with Gasteiger partial charge in [0.25, 0.3) is 0 Å². The Bertz CT molecular complexity index is 4540. The quantitative estimate of drug-likeness (QED) is 0.157. The maximum atomic E-state index is 2.44. The predicted molar refractivity (Wildman–Crippen MR) is 347 cm³/mol. The van der Waals surface area contributed by atoms with E-state index in [9.17, 15) is 0 Å². The molecule has 3 nitrogen and oxygen atoms in total. The summed E-state index contributed by atoms with van der Waals surface area (Å²) in [5, 5.41) is 6.53. The molecule has 5 heteroatoms. The molecule has 3 aromatic heterocycles. The standard InChI is InChI=1S/C32H24N2.C31H22BNS.C13H12/c1-21-9-7-11-23(19-21)33-27-15-5-3-13-25(27)31-29(33)17-18-30-32(31)26-14-4-6-16-28(26)34(30)24-12-8-10-22(2)20-24;1-3-11-23(12-4-1)33-28-16-6-2-5-13-24(28)25-21-22(19-20-29(25)33)32-26-14-7-9-17-30(26)34-31-18-10-8-15-27(31)32;1-2-4-10(5-3-1)11-6-7-12-9-13(12)8-11/h3-20H,1-2H3;1-15,17-21H,16H2;1-8,12-13H,9H2. The number of nitrogens with zero attached hydrogens (tertiary/aromatic N) is 3. The van der Waals surface area contributed by atoms with Crippen LogP contribution >= 0.6 is 11.8 Å². The van der Waals surface area contributed by atoms with Crippen molar-refractivity contribution in [2.45, 2.75) is 36.5 Å². The summed E-state index contributed by atoms with van der Waals surface area (Å²) in [5.74, 6) is 1.72. The lowest BCUT2D eigenvalue weighted by atomic mass is 9.36. The zero-order valence-corrected chi connectivity index (χ0v) is 46.3. The lowest BCUT2D eigenvalue weighted by Crippen LogP contribution is -2.55. The van der Waals surface area contributed by atoms with Gasteiger partial charge in [-0.15, -0.1) is 0 Å². The molecular weight excluding hydrogens is 998 g/mol. The van der Waals surface area contributed by atoms with Crippen LogP contribution in [0.25, 0.3) is 83.2 Å². The summed E-state index contributed by atoms with van der Waals surface area (Å²) in [5.41, 5.74) is 22.0. The van der Waals surface area contributed by atoms with Crippen molar-refractivity contribution in [1.29, 1.82) is 0 Å². The highest BCUT2D eigenvalue weighted by atomic mass is 32.2. The molecule has 1 saturated carbocycles. The van der Waals surface area contributed by atoms with E-state index in [1.54, 1.807) is 0 Å². The first-order valence-corrected chi connectivity index (χ1v) is 29.3. The molecule has 4 heterocycles. The molecule has 0 amide bonds. The Kier molecular flexibility index (Phi) is 12.3. The van der Waals surface area contributed by atoms with Crippen molar-refractivity contribution in [3.05, 3.63) is 301 Å². The van der Waals surface area contributed by atoms with Crippen LogP contribution in [0.15, 0.2) is 283 Å². The Hall–Kier alpha value is -9.29. The highest BCUT2D eigenvalue weighted by Crippen LogP contribution is 2.46. The molecule has 386 valence electrons. The van der Waals surface area contributed by atoms with E-state index in [2.05, 4.69) is 307 Å². The van der Waals surface area contributed by atoms with Gasteiger partial charge in [0.15, 0.2) is 0 Å². The van der Waals surface area contributed by atoms with E-state index in [-0.39, 0.29) is 6.71 Å². The van der Waals surface area contributed by atoms with Gasteiger partial charge in [0, 0.05) is 71.5 Å². The molecule has 0 N–H and O–H groups in total. The van der Waals surface area contributed by atoms with Gasteiger partial charge in [-0.2, -0.15) is 0 Å². The van der Waals surface area contributed by atoms with Gasteiger partial charge in [0.2, 0.25) is 6.71 Å². The number of para-hydroxylation sites is 3. The summed E-state index contributed by atoms with van der Waals surface area (Å²) in [6.07, 6.45) is 18.2. The molecule has 10 aromatic carbocycles. The highest BCUT2D eigenvalue weighted by Gasteiger charge is 2.35. The molecule has 2 atom stereocenters. The molecular formula is C76H58BN3S. The van der Waals surface area contributed by atoms with Crippen LogP contribution in [0.1, 0.15) is 34.4 Å². The molecule has 2 unspecified atom stereocenters. The van der Waals surface area contributed by atoms with E-state index in [0.29, 0.717) is 0 Å². The number of fused-ring (bicyclic) bond motifs is 13. The van der Waals surface area contributed by atoms with E-state index in [1.165, 1.54) is 138 Å². The lowest BCUT2D eigenvalue weighted by molar-refractivity contribution is 0.985. The largest absolute Gasteiger partial charge is 0.313 e. The number of aryl methyl sites for hydroxylation is 2. The summed E-state index contributed by atoms with van der Waals surface area (Å²) in [6, 6.07) is 86.0. The van der Waals surface area contributed by atoms with Gasteiger partial charge < -0.3 is 13.7 Å². The normalized spacial score (nSPS) is 15.5. The van der Waals surface area contributed by atoms with Crippen LogP contribution in [0.5, 0.6) is 0 Å². The van der Waals surface area contributed by atoms with Gasteiger partial charge in [-0.05, 0) is 133 Å². The van der Waals surface area contributed by atoms with Crippen molar-refractivity contribution in [2.75, 3.05) is 0 Å². The van der Waals surface area contributed by atoms with E-state index in [4.69, 9.17) is 0 Å². The van der Waals surface area contributed by atoms with Crippen LogP contribution in [0.4, 0.5) is 0 Å². The second kappa shape index (κ2) is 20.4. The monoisotopic (exact) mass is 1060 g/mol. The van der Waals surface area contributed by atoms with Crippen LogP contribution in [0.2, 0.25) is 0 Å². The Morgan fingerprint density at radius 2 is 0.975 bits per heavy atom. The second-order valence-electron chi connectivity index (χ2n) is 22.1. The maximum absolute atomic E-state index is 2.44. The minimum absolute atomic E-state index is 0.238. The molecule has 13 aromatic rings. The third-order valence-electron chi connectivity index (χ3n) is 16.9. The molecule has 3 aliphatic carbocycles. The third-order valence-corrected chi connectivity index (χ3v) is 18.1. The summed E-state index contributed by atoms with van der Waals surface area (Å²) in [7, 11) is 0. The van der Waals surface area contributed by atoms with Crippen LogP contribution in [0, 0.1) is 25.7 Å². The zero-order chi connectivity index (χ0) is 54.0. The third kappa shape index (κ3) is 8.72. The number of hydrogen-bond acceptors (Lipinski definition) is 1. The van der Waals surface area contributed by atoms with Crippen molar-refractivity contribution in [3.63, 3.8) is 0 Å². The fourth-order valence-corrected chi connectivity index (χ4v) is 14.2. The fraction of sp³-hybridized carbons (Fsp3) is 0.0789. The second-order valence-corrected chi connectivity index (χ2v) is 23.1. The van der Waals surface area contributed by atoms with E-state index < -0.39 is 0 Å². The molecule has 0 saturated heterocycles. The number of hydrogen-bond donors (Lipinski definition) is 0. The highest BCUT2D eigenvalue weighted by molar-refractivity contribution is 8.00. The average molecular weight is 1060 g/mol. The molecule has 0 radical (unpaired) electrons. The maximum Gasteiger partial charge on any atom is 0.244 e. The first-order chi connectivity index (χ1) is 40.0. The fourth-order valence-electron chi connectivity index (χ4n) is 13.1. The van der Waals surface area contributed by atoms with Crippen LogP contribution in [-0.2, 0) is 6.42 Å². The zero-order valence-electron chi connectivity index (χ0n) is 45.5. The molecule has 0 bridgehead atoms. The van der Waals surface area contributed by atoms with Crippen molar-refractivity contribution < 1.29 is 0 Å². The molecule has 4 aliphatic rings. The van der Waals surface area contributed by atoms with Crippen molar-refractivity contribution in [2.24, 2.45) is 11.8 Å². The summed E-state index contributed by atoms with van der Waals surface area (Å²) in [6.45, 7) is 4.55. The van der Waals surface area contributed by atoms with E-state index in [0.717, 1.165) is 18.3 Å². The molecule has 81 heavy (non-hydrogen) atoms. The lowest BCUT2D eigenvalue weighted by Gasteiger charge is -2.26. The molecule has 17 rings (SSSR count). The molecule has 0 spiro atoms. The Morgan fingerprint density at radius 3 is 1.59 bits per heavy atom. The van der Waals surface area contributed by atoms with Crippen molar-refractivity contribution in [1.82, 2.24) is 13.7 Å². The minimum Gasteiger partial charge on any atom is -0.313 e. The smallest absolute Gasteiger partial charge is 0.244 e. The van der Waals surface area contributed by atoms with Crippen molar-refractivity contribution in [3.8, 4) is 17.1 Å². The summed E-state index contributed by atoms with van der Waals surface area (Å²) < 4.78 is 7.26. The first kappa shape index (κ1) is 48.8. The van der Waals surface area contributed by atoms with Gasteiger partial charge in [0.05, 0.1) is 27.6 Å². The van der Waals surface area contributed by atoms with Crippen LogP contribution < -0.4 is 16.4 Å². The summed E-state index contributed by atoms with van der Waals surface area (Å²) in [4.78, 5) is 2.71. The summed E-state index contributed by atoms with van der Waals surface area (Å²) >= 11 is 1.89. The number of rotatable bonds is 5. The molecule has 1 aliphatic heterocycles. The van der Waals surface area contributed by atoms with Crippen molar-refractivity contribution >= 4 is 101 Å². The van der Waals surface area contributed by atoms with Gasteiger partial charge in [0.1, 0.15) is 0 Å². The number of aromatic nitrogens is 3. The average Bonchev–Trinajstić information content (AvgIpc) is 3.59. The van der Waals surface area contributed by atoms with Crippen LogP contribution in [0.3, 0.4) is 0 Å². The Balaban J connectivity index is 0.000000114. The van der Waals surface area contributed by atoms with E-state index in [1.807, 2.05) is 11.8 Å². The van der Waals surface area contributed by atoms with E-state index >= 15 is 0 Å². The van der Waals surface area contributed by atoms with Gasteiger partial charge in [-0.1, -0.05) is 228 Å². The van der Waals surface area contributed by atoms with Gasteiger partial charge in [-0.3, -0.25) is 0 Å².